The van der Waals surface area contributed by atoms with Crippen LogP contribution in [0.25, 0.3) is 22.3 Å². The maximum absolute atomic E-state index is 13.8. The smallest absolute Gasteiger partial charge is 0.227 e. The number of likely N-dealkylation sites (tertiary alicyclic amines) is 1. The molecule has 2 aromatic carbocycles. The van der Waals surface area contributed by atoms with E-state index >= 15 is 0 Å². The summed E-state index contributed by atoms with van der Waals surface area (Å²) in [6.07, 6.45) is 1.63. The van der Waals surface area contributed by atoms with Gasteiger partial charge in [-0.1, -0.05) is 18.2 Å². The number of carbonyl (C=O) groups excluding carboxylic acids is 1. The third-order valence-electron chi connectivity index (χ3n) is 5.90. The molecule has 1 fully saturated rings. The second-order valence-corrected chi connectivity index (χ2v) is 8.19. The van der Waals surface area contributed by atoms with Gasteiger partial charge in [-0.05, 0) is 23.8 Å². The first-order chi connectivity index (χ1) is 16.5. The maximum atomic E-state index is 13.8. The van der Waals surface area contributed by atoms with Gasteiger partial charge in [0.05, 0.1) is 24.6 Å². The minimum atomic E-state index is -0.702. The zero-order valence-corrected chi connectivity index (χ0v) is 18.4. The van der Waals surface area contributed by atoms with Crippen molar-refractivity contribution in [1.82, 2.24) is 25.1 Å². The molecule has 2 aromatic heterocycles. The van der Waals surface area contributed by atoms with Gasteiger partial charge < -0.3 is 15.0 Å². The van der Waals surface area contributed by atoms with Gasteiger partial charge in [-0.2, -0.15) is 10.1 Å². The molecule has 0 saturated carbocycles. The number of ether oxygens (including phenoxy) is 1. The monoisotopic (exact) mass is 464 g/mol. The standard InChI is InChI=1S/C24H22F2N6O2/c1-34-20-5-3-2-4-17(20)22-18-11-28-24(29-23(18)31-30-22)27-10-14-12-32(13-14)21(33)8-15-6-7-16(25)9-19(15)26/h2-7,9,11,14H,8,10,12-13H2,1H3,(H2,27,28,29,30,31). The zero-order chi connectivity index (χ0) is 23.7. The van der Waals surface area contributed by atoms with Crippen LogP contribution in [0.4, 0.5) is 14.7 Å². The number of methoxy groups -OCH3 is 1. The fraction of sp³-hybridized carbons (Fsp3) is 0.250. The molecule has 0 spiro atoms. The SMILES string of the molecule is COc1ccccc1-c1[nH]nc2nc(NCC3CN(C(=O)Cc4ccc(F)cc4F)C3)ncc12. The number of aromatic amines is 1. The molecule has 0 bridgehead atoms. The topological polar surface area (TPSA) is 96.0 Å². The van der Waals surface area contributed by atoms with Crippen LogP contribution in [-0.2, 0) is 11.2 Å². The molecule has 4 aromatic rings. The minimum absolute atomic E-state index is 0.0836. The van der Waals surface area contributed by atoms with E-state index < -0.39 is 11.6 Å². The van der Waals surface area contributed by atoms with Gasteiger partial charge in [0, 0.05) is 43.4 Å². The second kappa shape index (κ2) is 9.05. The summed E-state index contributed by atoms with van der Waals surface area (Å²) in [5.74, 6) is -0.142. The molecule has 0 aliphatic carbocycles. The molecule has 174 valence electrons. The fourth-order valence-electron chi connectivity index (χ4n) is 4.02. The summed E-state index contributed by atoms with van der Waals surface area (Å²) in [6, 6.07) is 10.9. The summed E-state index contributed by atoms with van der Waals surface area (Å²) in [4.78, 5) is 22.9. The van der Waals surface area contributed by atoms with Gasteiger partial charge in [0.25, 0.3) is 0 Å². The number of para-hydroxylation sites is 1. The Morgan fingerprint density at radius 3 is 2.85 bits per heavy atom. The number of rotatable bonds is 7. The highest BCUT2D eigenvalue weighted by Gasteiger charge is 2.30. The summed E-state index contributed by atoms with van der Waals surface area (Å²) >= 11 is 0. The van der Waals surface area contributed by atoms with Crippen molar-refractivity contribution in [1.29, 1.82) is 0 Å². The fourth-order valence-corrected chi connectivity index (χ4v) is 4.02. The number of carbonyl (C=O) groups is 1. The second-order valence-electron chi connectivity index (χ2n) is 8.19. The van der Waals surface area contributed by atoms with Gasteiger partial charge >= 0.3 is 0 Å². The predicted molar refractivity (Wildman–Crippen MR) is 122 cm³/mol. The average Bonchev–Trinajstić information content (AvgIpc) is 3.23. The highest BCUT2D eigenvalue weighted by molar-refractivity contribution is 5.92. The van der Waals surface area contributed by atoms with Crippen LogP contribution >= 0.6 is 0 Å². The summed E-state index contributed by atoms with van der Waals surface area (Å²) in [5, 5.41) is 11.3. The van der Waals surface area contributed by atoms with Crippen LogP contribution in [0, 0.1) is 17.6 Å². The lowest BCUT2D eigenvalue weighted by atomic mass is 9.98. The van der Waals surface area contributed by atoms with Crippen molar-refractivity contribution < 1.29 is 18.3 Å². The molecule has 0 atom stereocenters. The average molecular weight is 464 g/mol. The van der Waals surface area contributed by atoms with E-state index in [0.29, 0.717) is 31.2 Å². The Bertz CT molecular complexity index is 1350. The third kappa shape index (κ3) is 4.26. The molecule has 34 heavy (non-hydrogen) atoms. The molecular weight excluding hydrogens is 442 g/mol. The third-order valence-corrected chi connectivity index (χ3v) is 5.90. The summed E-state index contributed by atoms with van der Waals surface area (Å²) in [6.45, 7) is 1.69. The number of benzene rings is 2. The van der Waals surface area contributed by atoms with Gasteiger partial charge in [-0.15, -0.1) is 0 Å². The highest BCUT2D eigenvalue weighted by atomic mass is 19.1. The number of nitrogens with zero attached hydrogens (tertiary/aromatic N) is 4. The Morgan fingerprint density at radius 1 is 1.24 bits per heavy atom. The van der Waals surface area contributed by atoms with Crippen LogP contribution < -0.4 is 10.1 Å². The first kappa shape index (κ1) is 21.7. The molecule has 3 heterocycles. The normalized spacial score (nSPS) is 13.7. The van der Waals surface area contributed by atoms with Crippen molar-refractivity contribution in [3.05, 3.63) is 65.9 Å². The number of aromatic nitrogens is 4. The lowest BCUT2D eigenvalue weighted by molar-refractivity contribution is -0.136. The number of amides is 1. The summed E-state index contributed by atoms with van der Waals surface area (Å²) in [5.41, 5.74) is 2.38. The number of nitrogens with one attached hydrogen (secondary N) is 2. The van der Waals surface area contributed by atoms with Crippen molar-refractivity contribution in [2.24, 2.45) is 5.92 Å². The molecule has 2 N–H and O–H groups in total. The van der Waals surface area contributed by atoms with E-state index in [0.717, 1.165) is 34.5 Å². The van der Waals surface area contributed by atoms with E-state index in [1.807, 2.05) is 24.3 Å². The maximum Gasteiger partial charge on any atom is 0.227 e. The van der Waals surface area contributed by atoms with Crippen molar-refractivity contribution in [2.75, 3.05) is 32.1 Å². The van der Waals surface area contributed by atoms with Crippen molar-refractivity contribution in [3.63, 3.8) is 0 Å². The quantitative estimate of drug-likeness (QED) is 0.435. The number of hydrogen-bond donors (Lipinski definition) is 2. The van der Waals surface area contributed by atoms with E-state index in [9.17, 15) is 13.6 Å². The number of halogens is 2. The predicted octanol–water partition coefficient (Wildman–Crippen LogP) is 3.42. The lowest BCUT2D eigenvalue weighted by Gasteiger charge is -2.39. The van der Waals surface area contributed by atoms with Gasteiger partial charge in [0.15, 0.2) is 5.65 Å². The molecule has 10 heteroatoms. The van der Waals surface area contributed by atoms with E-state index in [1.54, 1.807) is 18.2 Å². The van der Waals surface area contributed by atoms with E-state index in [-0.39, 0.29) is 23.8 Å². The van der Waals surface area contributed by atoms with Crippen LogP contribution in [0.5, 0.6) is 5.75 Å². The first-order valence-corrected chi connectivity index (χ1v) is 10.8. The van der Waals surface area contributed by atoms with Crippen molar-refractivity contribution >= 4 is 22.9 Å². The molecule has 1 aliphatic rings. The van der Waals surface area contributed by atoms with Crippen LogP contribution in [0.2, 0.25) is 0 Å². The number of hydrogen-bond acceptors (Lipinski definition) is 6. The molecular formula is C24H22F2N6O2. The van der Waals surface area contributed by atoms with Crippen LogP contribution in [0.1, 0.15) is 5.56 Å². The minimum Gasteiger partial charge on any atom is -0.496 e. The lowest BCUT2D eigenvalue weighted by Crippen LogP contribution is -2.52. The Labute approximate surface area is 194 Å². The first-order valence-electron chi connectivity index (χ1n) is 10.8. The highest BCUT2D eigenvalue weighted by Crippen LogP contribution is 2.32. The van der Waals surface area contributed by atoms with Crippen LogP contribution in [0.3, 0.4) is 0 Å². The Morgan fingerprint density at radius 2 is 2.06 bits per heavy atom. The molecule has 1 saturated heterocycles. The Kier molecular flexibility index (Phi) is 5.79. The van der Waals surface area contributed by atoms with E-state index in [2.05, 4.69) is 25.5 Å². The molecule has 0 unspecified atom stereocenters. The number of anilines is 1. The van der Waals surface area contributed by atoms with Crippen LogP contribution in [0.15, 0.2) is 48.7 Å². The Hall–Kier alpha value is -4.08. The molecule has 1 aliphatic heterocycles. The largest absolute Gasteiger partial charge is 0.496 e. The van der Waals surface area contributed by atoms with Gasteiger partial charge in [0.1, 0.15) is 17.4 Å². The van der Waals surface area contributed by atoms with Crippen molar-refractivity contribution in [2.45, 2.75) is 6.42 Å². The van der Waals surface area contributed by atoms with Gasteiger partial charge in [-0.3, -0.25) is 9.89 Å². The zero-order valence-electron chi connectivity index (χ0n) is 18.4. The molecule has 0 radical (unpaired) electrons. The van der Waals surface area contributed by atoms with E-state index in [4.69, 9.17) is 4.74 Å². The summed E-state index contributed by atoms with van der Waals surface area (Å²) in [7, 11) is 1.62. The molecule has 1 amide bonds. The number of fused-ring (bicyclic) bond motifs is 1. The van der Waals surface area contributed by atoms with Crippen LogP contribution in [-0.4, -0.2) is 57.7 Å². The summed E-state index contributed by atoms with van der Waals surface area (Å²) < 4.78 is 32.2. The molecule has 5 rings (SSSR count). The Balaban J connectivity index is 1.17. The van der Waals surface area contributed by atoms with Crippen molar-refractivity contribution in [3.8, 4) is 17.0 Å². The van der Waals surface area contributed by atoms with Gasteiger partial charge in [-0.25, -0.2) is 13.8 Å². The molecule has 8 nitrogen and oxygen atoms in total. The van der Waals surface area contributed by atoms with E-state index in [1.165, 1.54) is 6.07 Å². The van der Waals surface area contributed by atoms with Gasteiger partial charge in [0.2, 0.25) is 11.9 Å². The number of H-pyrrole nitrogens is 1.